The molecular weight excluding hydrogens is 334 g/mol. The first-order valence-electron chi connectivity index (χ1n) is 8.13. The minimum absolute atomic E-state index is 0.0599. The number of carbonyl (C=O) groups is 3. The Balaban J connectivity index is 1.76. The Morgan fingerprint density at radius 2 is 1.73 bits per heavy atom. The molecule has 26 heavy (non-hydrogen) atoms. The summed E-state index contributed by atoms with van der Waals surface area (Å²) in [6.45, 7) is 1.43. The van der Waals surface area contributed by atoms with E-state index in [1.165, 1.54) is 14.0 Å². The summed E-state index contributed by atoms with van der Waals surface area (Å²) in [7, 11) is 1.50. The summed E-state index contributed by atoms with van der Waals surface area (Å²) in [4.78, 5) is 37.3. The molecule has 1 aliphatic rings. The third kappa shape index (κ3) is 3.51. The van der Waals surface area contributed by atoms with E-state index in [1.54, 1.807) is 48.5 Å². The summed E-state index contributed by atoms with van der Waals surface area (Å²) in [5.74, 6) is -0.304. The Labute approximate surface area is 150 Å². The molecule has 3 amide bonds. The van der Waals surface area contributed by atoms with Crippen LogP contribution in [0.1, 0.15) is 13.3 Å². The summed E-state index contributed by atoms with van der Waals surface area (Å²) in [5, 5.41) is 5.75. The molecule has 1 saturated heterocycles. The molecule has 7 heteroatoms. The predicted octanol–water partition coefficient (Wildman–Crippen LogP) is 2.40. The molecule has 2 aromatic rings. The Morgan fingerprint density at radius 1 is 1.08 bits per heavy atom. The Bertz CT molecular complexity index is 848. The average Bonchev–Trinajstić information content (AvgIpc) is 2.89. The van der Waals surface area contributed by atoms with E-state index in [9.17, 15) is 14.4 Å². The van der Waals surface area contributed by atoms with Crippen LogP contribution in [0.3, 0.4) is 0 Å². The second kappa shape index (κ2) is 7.26. The van der Waals surface area contributed by atoms with Crippen molar-refractivity contribution in [3.05, 3.63) is 48.5 Å². The normalized spacial score (nSPS) is 16.5. The highest BCUT2D eigenvalue weighted by Gasteiger charge is 2.40. The molecule has 0 unspecified atom stereocenters. The van der Waals surface area contributed by atoms with E-state index in [0.29, 0.717) is 22.8 Å². The van der Waals surface area contributed by atoms with Gasteiger partial charge >= 0.3 is 0 Å². The number of nitrogens with one attached hydrogen (secondary N) is 2. The number of anilines is 3. The lowest BCUT2D eigenvalue weighted by atomic mass is 10.2. The number of para-hydroxylation sites is 2. The summed E-state index contributed by atoms with van der Waals surface area (Å²) in [6, 6.07) is 13.2. The van der Waals surface area contributed by atoms with Gasteiger partial charge in [-0.15, -0.1) is 0 Å². The maximum Gasteiger partial charge on any atom is 0.256 e. The van der Waals surface area contributed by atoms with Crippen molar-refractivity contribution in [2.45, 2.75) is 19.4 Å². The minimum atomic E-state index is -0.654. The lowest BCUT2D eigenvalue weighted by Crippen LogP contribution is -2.35. The molecule has 1 heterocycles. The van der Waals surface area contributed by atoms with Crippen molar-refractivity contribution in [3.8, 4) is 5.75 Å². The van der Waals surface area contributed by atoms with Gasteiger partial charge in [0.2, 0.25) is 11.8 Å². The molecular formula is C19H19N3O4. The number of nitrogens with zero attached hydrogens (tertiary/aromatic N) is 1. The third-order valence-corrected chi connectivity index (χ3v) is 4.02. The number of carbonyl (C=O) groups excluding carboxylic acids is 3. The van der Waals surface area contributed by atoms with Gasteiger partial charge in [-0.2, -0.15) is 0 Å². The van der Waals surface area contributed by atoms with Gasteiger partial charge in [0, 0.05) is 18.3 Å². The molecule has 0 radical (unpaired) electrons. The predicted molar refractivity (Wildman–Crippen MR) is 98.3 cm³/mol. The van der Waals surface area contributed by atoms with E-state index in [-0.39, 0.29) is 24.1 Å². The second-order valence-corrected chi connectivity index (χ2v) is 5.90. The standard InChI is InChI=1S/C19H19N3O4/c1-12(23)20-13-7-9-14(10-8-13)21-15-11-18(24)22(19(15)25)16-5-3-4-6-17(16)26-2/h3-10,15,21H,11H2,1-2H3,(H,20,23)/t15-/m1/s1. The molecule has 2 N–H and O–H groups in total. The fourth-order valence-electron chi connectivity index (χ4n) is 2.87. The smallest absolute Gasteiger partial charge is 0.256 e. The molecule has 0 spiro atoms. The molecule has 2 aromatic carbocycles. The van der Waals surface area contributed by atoms with E-state index >= 15 is 0 Å². The van der Waals surface area contributed by atoms with Crippen LogP contribution in [-0.4, -0.2) is 30.9 Å². The number of imide groups is 1. The van der Waals surface area contributed by atoms with Crippen LogP contribution in [0.25, 0.3) is 0 Å². The van der Waals surface area contributed by atoms with Crippen molar-refractivity contribution in [2.75, 3.05) is 22.6 Å². The van der Waals surface area contributed by atoms with Crippen LogP contribution < -0.4 is 20.3 Å². The van der Waals surface area contributed by atoms with Crippen LogP contribution in [0.5, 0.6) is 5.75 Å². The van der Waals surface area contributed by atoms with E-state index in [0.717, 1.165) is 4.90 Å². The number of amides is 3. The first-order chi connectivity index (χ1) is 12.5. The maximum absolute atomic E-state index is 12.7. The summed E-state index contributed by atoms with van der Waals surface area (Å²) in [6.07, 6.45) is 0.0599. The summed E-state index contributed by atoms with van der Waals surface area (Å²) < 4.78 is 5.25. The Morgan fingerprint density at radius 3 is 2.38 bits per heavy atom. The Hall–Kier alpha value is -3.35. The zero-order chi connectivity index (χ0) is 18.7. The largest absolute Gasteiger partial charge is 0.495 e. The number of benzene rings is 2. The van der Waals surface area contributed by atoms with Gasteiger partial charge in [0.25, 0.3) is 5.91 Å². The molecule has 1 aliphatic heterocycles. The lowest BCUT2D eigenvalue weighted by molar-refractivity contribution is -0.121. The molecule has 1 fully saturated rings. The fourth-order valence-corrected chi connectivity index (χ4v) is 2.87. The molecule has 1 atom stereocenters. The first-order valence-corrected chi connectivity index (χ1v) is 8.13. The van der Waals surface area contributed by atoms with Gasteiger partial charge in [0.05, 0.1) is 19.2 Å². The Kier molecular flexibility index (Phi) is 4.88. The molecule has 0 aromatic heterocycles. The summed E-state index contributed by atoms with van der Waals surface area (Å²) in [5.41, 5.74) is 1.79. The van der Waals surface area contributed by atoms with Crippen molar-refractivity contribution in [3.63, 3.8) is 0 Å². The van der Waals surface area contributed by atoms with Crippen LogP contribution in [0.4, 0.5) is 17.1 Å². The van der Waals surface area contributed by atoms with Crippen LogP contribution in [-0.2, 0) is 14.4 Å². The lowest BCUT2D eigenvalue weighted by Gasteiger charge is -2.18. The van der Waals surface area contributed by atoms with Crippen LogP contribution in [0.2, 0.25) is 0 Å². The highest BCUT2D eigenvalue weighted by atomic mass is 16.5. The molecule has 3 rings (SSSR count). The monoisotopic (exact) mass is 353 g/mol. The van der Waals surface area contributed by atoms with Gasteiger partial charge in [-0.05, 0) is 36.4 Å². The highest BCUT2D eigenvalue weighted by molar-refractivity contribution is 6.23. The van der Waals surface area contributed by atoms with Crippen LogP contribution in [0, 0.1) is 0 Å². The fraction of sp³-hybridized carbons (Fsp3) is 0.211. The van der Waals surface area contributed by atoms with Gasteiger partial charge in [0.15, 0.2) is 0 Å². The van der Waals surface area contributed by atoms with E-state index in [1.807, 2.05) is 0 Å². The first kappa shape index (κ1) is 17.5. The quantitative estimate of drug-likeness (QED) is 0.806. The van der Waals surface area contributed by atoms with Crippen molar-refractivity contribution >= 4 is 34.8 Å². The highest BCUT2D eigenvalue weighted by Crippen LogP contribution is 2.32. The number of methoxy groups -OCH3 is 1. The molecule has 0 aliphatic carbocycles. The number of rotatable bonds is 5. The molecule has 7 nitrogen and oxygen atoms in total. The van der Waals surface area contributed by atoms with E-state index in [4.69, 9.17) is 4.74 Å². The molecule has 134 valence electrons. The van der Waals surface area contributed by atoms with Crippen molar-refractivity contribution in [2.24, 2.45) is 0 Å². The second-order valence-electron chi connectivity index (χ2n) is 5.90. The van der Waals surface area contributed by atoms with Crippen molar-refractivity contribution < 1.29 is 19.1 Å². The van der Waals surface area contributed by atoms with Crippen LogP contribution in [0.15, 0.2) is 48.5 Å². The van der Waals surface area contributed by atoms with Crippen LogP contribution >= 0.6 is 0 Å². The average molecular weight is 353 g/mol. The summed E-state index contributed by atoms with van der Waals surface area (Å²) >= 11 is 0. The zero-order valence-corrected chi connectivity index (χ0v) is 14.5. The minimum Gasteiger partial charge on any atom is -0.495 e. The van der Waals surface area contributed by atoms with Gasteiger partial charge in [0.1, 0.15) is 11.8 Å². The zero-order valence-electron chi connectivity index (χ0n) is 14.5. The van der Waals surface area contributed by atoms with Gasteiger partial charge in [-0.1, -0.05) is 12.1 Å². The number of hydrogen-bond donors (Lipinski definition) is 2. The number of hydrogen-bond acceptors (Lipinski definition) is 5. The van der Waals surface area contributed by atoms with E-state index < -0.39 is 6.04 Å². The van der Waals surface area contributed by atoms with Crippen molar-refractivity contribution in [1.82, 2.24) is 0 Å². The molecule has 0 saturated carbocycles. The maximum atomic E-state index is 12.7. The van der Waals surface area contributed by atoms with Gasteiger partial charge in [-0.25, -0.2) is 4.90 Å². The SMILES string of the molecule is COc1ccccc1N1C(=O)C[C@@H](Nc2ccc(NC(C)=O)cc2)C1=O. The van der Waals surface area contributed by atoms with E-state index in [2.05, 4.69) is 10.6 Å². The molecule has 0 bridgehead atoms. The van der Waals surface area contributed by atoms with Crippen molar-refractivity contribution in [1.29, 1.82) is 0 Å². The van der Waals surface area contributed by atoms with Gasteiger partial charge in [-0.3, -0.25) is 14.4 Å². The topological polar surface area (TPSA) is 87.7 Å². The third-order valence-electron chi connectivity index (χ3n) is 4.02. The van der Waals surface area contributed by atoms with Gasteiger partial charge < -0.3 is 15.4 Å². The number of ether oxygens (including phenoxy) is 1.